The van der Waals surface area contributed by atoms with Gasteiger partial charge in [-0.2, -0.15) is 0 Å². The highest BCUT2D eigenvalue weighted by molar-refractivity contribution is 6.72. The van der Waals surface area contributed by atoms with Crippen LogP contribution in [0.25, 0.3) is 0 Å². The van der Waals surface area contributed by atoms with Crippen molar-refractivity contribution in [3.05, 3.63) is 99.6 Å². The molecule has 3 aliphatic heterocycles. The van der Waals surface area contributed by atoms with Gasteiger partial charge in [0.2, 0.25) is 20.2 Å². The van der Waals surface area contributed by atoms with Gasteiger partial charge in [0, 0.05) is 60.9 Å². The molecule has 2 fully saturated rings. The molecule has 11 nitrogen and oxygen atoms in total. The SMILES string of the molecule is C[C@@H]1[C@@H]([Si](C)(C)F)[C@H](CC(=O)N(CCO)Cc2ccccc2)O[C@@]12C(=O)N(Cc1cccc(N3CCCCCCC3=O)c1)c1ccc([N+](=O)[O-])cc12. The molecule has 0 bridgehead atoms. The van der Waals surface area contributed by atoms with Crippen LogP contribution in [0, 0.1) is 16.0 Å². The average Bonchev–Trinajstić information content (AvgIpc) is 3.52. The van der Waals surface area contributed by atoms with Crippen molar-refractivity contribution in [3.63, 3.8) is 0 Å². The lowest BCUT2D eigenvalue weighted by Crippen LogP contribution is -2.45. The van der Waals surface area contributed by atoms with Gasteiger partial charge in [-0.05, 0) is 55.3 Å². The molecule has 0 unspecified atom stereocenters. The van der Waals surface area contributed by atoms with E-state index in [2.05, 4.69) is 0 Å². The number of hydrogen-bond donors (Lipinski definition) is 1. The fraction of sp³-hybridized carbons (Fsp3) is 0.462. The van der Waals surface area contributed by atoms with Crippen LogP contribution in [-0.2, 0) is 37.8 Å². The van der Waals surface area contributed by atoms with Crippen molar-refractivity contribution in [2.75, 3.05) is 29.5 Å². The number of carbonyl (C=O) groups excluding carboxylic acids is 3. The van der Waals surface area contributed by atoms with E-state index in [0.29, 0.717) is 18.7 Å². The number of halogens is 1. The number of amides is 3. The molecule has 0 aliphatic carbocycles. The summed E-state index contributed by atoms with van der Waals surface area (Å²) >= 11 is 0. The molecule has 52 heavy (non-hydrogen) atoms. The number of rotatable bonds is 11. The number of ether oxygens (including phenoxy) is 1. The molecule has 3 aromatic rings. The summed E-state index contributed by atoms with van der Waals surface area (Å²) in [6, 6.07) is 21.1. The van der Waals surface area contributed by atoms with Crippen LogP contribution in [0.4, 0.5) is 21.2 Å². The highest BCUT2D eigenvalue weighted by atomic mass is 28.4. The third kappa shape index (κ3) is 7.26. The van der Waals surface area contributed by atoms with Crippen LogP contribution in [0.1, 0.15) is 62.1 Å². The molecule has 3 aromatic carbocycles. The van der Waals surface area contributed by atoms with Crippen LogP contribution >= 0.6 is 0 Å². The molecule has 2 saturated heterocycles. The van der Waals surface area contributed by atoms with Crippen molar-refractivity contribution in [2.24, 2.45) is 5.92 Å². The minimum atomic E-state index is -3.65. The number of fused-ring (bicyclic) bond motifs is 2. The van der Waals surface area contributed by atoms with Gasteiger partial charge in [-0.25, -0.2) is 0 Å². The summed E-state index contributed by atoms with van der Waals surface area (Å²) in [5.74, 6) is -1.53. The van der Waals surface area contributed by atoms with E-state index >= 15 is 4.11 Å². The third-order valence-electron chi connectivity index (χ3n) is 10.9. The van der Waals surface area contributed by atoms with Crippen LogP contribution in [-0.4, -0.2) is 66.9 Å². The Kier molecular flexibility index (Phi) is 10.9. The first-order chi connectivity index (χ1) is 24.8. The molecular weight excluding hydrogens is 684 g/mol. The summed E-state index contributed by atoms with van der Waals surface area (Å²) in [4.78, 5) is 58.2. The molecule has 4 atom stereocenters. The van der Waals surface area contributed by atoms with E-state index in [1.165, 1.54) is 41.1 Å². The first-order valence-corrected chi connectivity index (χ1v) is 21.1. The minimum Gasteiger partial charge on any atom is -0.395 e. The summed E-state index contributed by atoms with van der Waals surface area (Å²) in [5, 5.41) is 21.8. The van der Waals surface area contributed by atoms with E-state index < -0.39 is 42.4 Å². The maximum absolute atomic E-state index is 16.5. The van der Waals surface area contributed by atoms with Gasteiger partial charge in [0.05, 0.1) is 36.3 Å². The van der Waals surface area contributed by atoms with Crippen molar-refractivity contribution in [3.8, 4) is 0 Å². The Morgan fingerprint density at radius 2 is 1.77 bits per heavy atom. The summed E-state index contributed by atoms with van der Waals surface area (Å²) in [5.41, 5.74) is 0.247. The maximum Gasteiger partial charge on any atom is 0.269 e. The van der Waals surface area contributed by atoms with Gasteiger partial charge >= 0.3 is 0 Å². The van der Waals surface area contributed by atoms with Gasteiger partial charge in [0.25, 0.3) is 11.6 Å². The smallest absolute Gasteiger partial charge is 0.269 e. The van der Waals surface area contributed by atoms with E-state index in [0.717, 1.165) is 42.5 Å². The van der Waals surface area contributed by atoms with E-state index in [9.17, 15) is 29.6 Å². The minimum absolute atomic E-state index is 0.0600. The number of nitro benzene ring substituents is 1. The van der Waals surface area contributed by atoms with E-state index in [1.807, 2.05) is 54.6 Å². The van der Waals surface area contributed by atoms with Crippen LogP contribution in [0.5, 0.6) is 0 Å². The fourth-order valence-electron chi connectivity index (χ4n) is 8.46. The second-order valence-electron chi connectivity index (χ2n) is 14.7. The highest BCUT2D eigenvalue weighted by Gasteiger charge is 2.67. The summed E-state index contributed by atoms with van der Waals surface area (Å²) in [6.45, 7) is 5.54. The molecule has 1 N–H and O–H groups in total. The predicted octanol–water partition coefficient (Wildman–Crippen LogP) is 6.62. The van der Waals surface area contributed by atoms with Crippen LogP contribution in [0.3, 0.4) is 0 Å². The van der Waals surface area contributed by atoms with Crippen LogP contribution in [0.15, 0.2) is 72.8 Å². The lowest BCUT2D eigenvalue weighted by molar-refractivity contribution is -0.385. The zero-order chi connectivity index (χ0) is 37.2. The molecule has 276 valence electrons. The molecule has 0 saturated carbocycles. The number of anilines is 2. The third-order valence-corrected chi connectivity index (χ3v) is 13.3. The van der Waals surface area contributed by atoms with Gasteiger partial charge in [-0.3, -0.25) is 24.5 Å². The summed E-state index contributed by atoms with van der Waals surface area (Å²) in [7, 11) is -3.65. The van der Waals surface area contributed by atoms with Gasteiger partial charge in [-0.1, -0.05) is 62.2 Å². The van der Waals surface area contributed by atoms with Gasteiger partial charge in [0.1, 0.15) is 0 Å². The van der Waals surface area contributed by atoms with E-state index in [-0.39, 0.29) is 55.7 Å². The molecule has 13 heteroatoms. The van der Waals surface area contributed by atoms with Crippen molar-refractivity contribution in [2.45, 2.75) is 88.9 Å². The molecule has 3 aliphatic rings. The molecular formula is C39H47FN4O7Si. The lowest BCUT2D eigenvalue weighted by atomic mass is 9.82. The molecule has 3 heterocycles. The standard InChI is InChI=1S/C39H47FN4O7Si/c1-27-37(52(2,3)40)34(24-36(47)41(20-21-45)25-28-12-7-6-8-13-28)51-39(27)32-23-31(44(49)50)17-18-33(32)43(38(39)48)26-29-14-11-15-30(22-29)42-19-10-5-4-9-16-35(42)46/h6-8,11-15,17-18,22-23,27,34,37,45H,4-5,9-10,16,19-21,24-26H2,1-3H3/t27-,34+,37-,39+/m1/s1. The Morgan fingerprint density at radius 1 is 1.04 bits per heavy atom. The maximum atomic E-state index is 16.5. The van der Waals surface area contributed by atoms with Crippen molar-refractivity contribution in [1.29, 1.82) is 0 Å². The Bertz CT molecular complexity index is 1820. The summed E-state index contributed by atoms with van der Waals surface area (Å²) in [6.07, 6.45) is 3.07. The van der Waals surface area contributed by atoms with Gasteiger partial charge < -0.3 is 28.7 Å². The fourth-order valence-corrected chi connectivity index (χ4v) is 11.0. The van der Waals surface area contributed by atoms with Crippen molar-refractivity contribution >= 4 is 43.2 Å². The zero-order valence-corrected chi connectivity index (χ0v) is 31.0. The molecule has 3 amide bonds. The first kappa shape index (κ1) is 37.3. The number of aliphatic hydroxyl groups is 1. The van der Waals surface area contributed by atoms with Crippen molar-refractivity contribution < 1.29 is 33.3 Å². The normalized spacial score (nSPS) is 23.4. The number of aliphatic hydroxyl groups excluding tert-OH is 1. The molecule has 1 spiro atoms. The number of non-ortho nitro benzene ring substituents is 1. The Labute approximate surface area is 304 Å². The largest absolute Gasteiger partial charge is 0.395 e. The quantitative estimate of drug-likeness (QED) is 0.101. The van der Waals surface area contributed by atoms with Gasteiger partial charge in [0.15, 0.2) is 5.60 Å². The zero-order valence-electron chi connectivity index (χ0n) is 30.0. The number of hydrogen-bond acceptors (Lipinski definition) is 7. The topological polar surface area (TPSA) is 134 Å². The van der Waals surface area contributed by atoms with Crippen molar-refractivity contribution in [1.82, 2.24) is 4.90 Å². The van der Waals surface area contributed by atoms with E-state index in [4.69, 9.17) is 4.74 Å². The van der Waals surface area contributed by atoms with Crippen LogP contribution in [0.2, 0.25) is 18.6 Å². The molecule has 0 aromatic heterocycles. The Hall–Kier alpha value is -4.46. The second-order valence-corrected chi connectivity index (χ2v) is 18.5. The number of nitrogens with zero attached hydrogens (tertiary/aromatic N) is 4. The number of carbonyl (C=O) groups is 3. The van der Waals surface area contributed by atoms with E-state index in [1.54, 1.807) is 11.8 Å². The highest BCUT2D eigenvalue weighted by Crippen LogP contribution is 2.60. The van der Waals surface area contributed by atoms with Gasteiger partial charge in [-0.15, -0.1) is 0 Å². The molecule has 0 radical (unpaired) electrons. The Balaban J connectivity index is 1.35. The monoisotopic (exact) mass is 730 g/mol. The average molecular weight is 731 g/mol. The van der Waals surface area contributed by atoms with Crippen LogP contribution < -0.4 is 9.80 Å². The summed E-state index contributed by atoms with van der Waals surface area (Å²) < 4.78 is 23.2. The second kappa shape index (κ2) is 15.3. The Morgan fingerprint density at radius 3 is 2.48 bits per heavy atom. The lowest BCUT2D eigenvalue weighted by Gasteiger charge is -2.31. The number of nitro groups is 1. The molecule has 6 rings (SSSR count). The first-order valence-electron chi connectivity index (χ1n) is 18.1. The predicted molar refractivity (Wildman–Crippen MR) is 198 cm³/mol. The number of benzene rings is 3.